The molecular weight excluding hydrogens is 420 g/mol. The fraction of sp³-hybridized carbons (Fsp3) is 0.222. The average Bonchev–Trinajstić information content (AvgIpc) is 3.05. The van der Waals surface area contributed by atoms with Crippen LogP contribution in [-0.2, 0) is 10.0 Å². The van der Waals surface area contributed by atoms with Crippen molar-refractivity contribution in [2.24, 2.45) is 0 Å². The molecule has 0 fully saturated rings. The van der Waals surface area contributed by atoms with E-state index in [4.69, 9.17) is 11.6 Å². The Morgan fingerprint density at radius 3 is 2.29 bits per heavy atom. The Hall–Kier alpha value is -2.10. The minimum atomic E-state index is -4.84. The zero-order valence-corrected chi connectivity index (χ0v) is 16.3. The van der Waals surface area contributed by atoms with E-state index < -0.39 is 33.8 Å². The number of halogens is 5. The van der Waals surface area contributed by atoms with Crippen LogP contribution >= 0.6 is 11.6 Å². The van der Waals surface area contributed by atoms with Crippen LogP contribution in [-0.4, -0.2) is 19.0 Å². The lowest BCUT2D eigenvalue weighted by atomic mass is 10.0. The molecular formula is C18H15ClF4N2O2S. The van der Waals surface area contributed by atoms with E-state index in [1.54, 1.807) is 13.8 Å². The molecule has 1 atom stereocenters. The number of hydrazine groups is 1. The Bertz CT molecular complexity index is 1050. The van der Waals surface area contributed by atoms with Crippen LogP contribution in [0.5, 0.6) is 0 Å². The summed E-state index contributed by atoms with van der Waals surface area (Å²) in [5.41, 5.74) is 1.52. The topological polar surface area (TPSA) is 49.4 Å². The van der Waals surface area contributed by atoms with Crippen LogP contribution in [0.25, 0.3) is 0 Å². The highest BCUT2D eigenvalue weighted by atomic mass is 35.5. The van der Waals surface area contributed by atoms with Gasteiger partial charge in [-0.05, 0) is 49.8 Å². The van der Waals surface area contributed by atoms with E-state index in [9.17, 15) is 26.0 Å². The molecule has 0 aliphatic carbocycles. The van der Waals surface area contributed by atoms with Crippen molar-refractivity contribution >= 4 is 21.6 Å². The molecule has 1 aliphatic heterocycles. The Balaban J connectivity index is 2.14. The Morgan fingerprint density at radius 1 is 1.11 bits per heavy atom. The second-order valence-corrected chi connectivity index (χ2v) is 8.59. The van der Waals surface area contributed by atoms with E-state index in [0.717, 1.165) is 11.6 Å². The minimum Gasteiger partial charge on any atom is -0.300 e. The van der Waals surface area contributed by atoms with Crippen LogP contribution in [0.15, 0.2) is 53.1 Å². The average molecular weight is 435 g/mol. The van der Waals surface area contributed by atoms with Crippen molar-refractivity contribution in [2.45, 2.75) is 31.0 Å². The monoisotopic (exact) mass is 434 g/mol. The second kappa shape index (κ2) is 7.06. The molecule has 2 aromatic carbocycles. The van der Waals surface area contributed by atoms with E-state index >= 15 is 0 Å². The van der Waals surface area contributed by atoms with Crippen LogP contribution in [0.2, 0.25) is 5.02 Å². The molecule has 0 radical (unpaired) electrons. The van der Waals surface area contributed by atoms with Crippen LogP contribution in [0, 0.1) is 19.7 Å². The van der Waals surface area contributed by atoms with Gasteiger partial charge in [-0.15, -0.1) is 4.41 Å². The summed E-state index contributed by atoms with van der Waals surface area (Å²) in [5.74, 6) is -0.911. The smallest absolute Gasteiger partial charge is 0.300 e. The number of benzene rings is 2. The number of allylic oxidation sites excluding steroid dienone is 1. The van der Waals surface area contributed by atoms with Gasteiger partial charge in [0.2, 0.25) is 0 Å². The lowest BCUT2D eigenvalue weighted by molar-refractivity contribution is -0.0984. The highest BCUT2D eigenvalue weighted by molar-refractivity contribution is 7.89. The SMILES string of the molecule is Cc1ccc(S(=O)(=O)N2NC(C(F)(F)F)=CC2c2cc(C)c(Cl)cc2F)cc1. The van der Waals surface area contributed by atoms with Gasteiger partial charge in [0, 0.05) is 10.6 Å². The Labute approximate surface area is 164 Å². The number of aryl methyl sites for hydroxylation is 2. The van der Waals surface area contributed by atoms with Gasteiger partial charge in [0.1, 0.15) is 11.5 Å². The molecule has 150 valence electrons. The van der Waals surface area contributed by atoms with E-state index in [1.165, 1.54) is 30.3 Å². The summed E-state index contributed by atoms with van der Waals surface area (Å²) in [6.45, 7) is 3.28. The highest BCUT2D eigenvalue weighted by Crippen LogP contribution is 2.39. The molecule has 0 bridgehead atoms. The summed E-state index contributed by atoms with van der Waals surface area (Å²) in [7, 11) is -4.42. The number of hydrogen-bond acceptors (Lipinski definition) is 3. The van der Waals surface area contributed by atoms with E-state index in [0.29, 0.717) is 16.1 Å². The van der Waals surface area contributed by atoms with Gasteiger partial charge in [-0.1, -0.05) is 29.3 Å². The molecule has 0 aromatic heterocycles. The van der Waals surface area contributed by atoms with Crippen molar-refractivity contribution in [3.8, 4) is 0 Å². The van der Waals surface area contributed by atoms with Crippen molar-refractivity contribution < 1.29 is 26.0 Å². The van der Waals surface area contributed by atoms with Crippen molar-refractivity contribution in [2.75, 3.05) is 0 Å². The maximum atomic E-state index is 14.5. The van der Waals surface area contributed by atoms with Gasteiger partial charge in [-0.3, -0.25) is 0 Å². The lowest BCUT2D eigenvalue weighted by Gasteiger charge is -2.25. The summed E-state index contributed by atoms with van der Waals surface area (Å²) in [4.78, 5) is -0.224. The molecule has 0 spiro atoms. The number of alkyl halides is 3. The van der Waals surface area contributed by atoms with Gasteiger partial charge in [-0.25, -0.2) is 12.8 Å². The molecule has 28 heavy (non-hydrogen) atoms. The normalized spacial score (nSPS) is 18.1. The van der Waals surface area contributed by atoms with Crippen molar-refractivity contribution in [1.29, 1.82) is 0 Å². The molecule has 2 aromatic rings. The van der Waals surface area contributed by atoms with E-state index in [2.05, 4.69) is 0 Å². The molecule has 3 rings (SSSR count). The number of sulfonamides is 1. The maximum Gasteiger partial charge on any atom is 0.432 e. The van der Waals surface area contributed by atoms with Crippen LogP contribution in [0.4, 0.5) is 17.6 Å². The number of hydrogen-bond donors (Lipinski definition) is 1. The third-order valence-corrected chi connectivity index (χ3v) is 6.40. The van der Waals surface area contributed by atoms with Crippen molar-refractivity contribution in [1.82, 2.24) is 9.84 Å². The predicted octanol–water partition coefficient (Wildman–Crippen LogP) is 4.79. The summed E-state index contributed by atoms with van der Waals surface area (Å²) >= 11 is 5.85. The molecule has 10 heteroatoms. The minimum absolute atomic E-state index is 0.0835. The fourth-order valence-corrected chi connectivity index (χ4v) is 4.31. The zero-order valence-electron chi connectivity index (χ0n) is 14.7. The van der Waals surface area contributed by atoms with Gasteiger partial charge in [-0.2, -0.15) is 13.2 Å². The first-order valence-corrected chi connectivity index (χ1v) is 9.85. The molecule has 0 saturated carbocycles. The number of rotatable bonds is 3. The van der Waals surface area contributed by atoms with Gasteiger partial charge in [0.25, 0.3) is 10.0 Å². The molecule has 0 amide bonds. The van der Waals surface area contributed by atoms with Crippen molar-refractivity contribution in [3.63, 3.8) is 0 Å². The largest absolute Gasteiger partial charge is 0.432 e. The van der Waals surface area contributed by atoms with Crippen LogP contribution < -0.4 is 5.43 Å². The predicted molar refractivity (Wildman–Crippen MR) is 96.4 cm³/mol. The fourth-order valence-electron chi connectivity index (χ4n) is 2.76. The second-order valence-electron chi connectivity index (χ2n) is 6.37. The van der Waals surface area contributed by atoms with Gasteiger partial charge in [0.15, 0.2) is 0 Å². The molecule has 4 nitrogen and oxygen atoms in total. The summed E-state index contributed by atoms with van der Waals surface area (Å²) in [6, 6.07) is 6.22. The molecule has 1 aliphatic rings. The third-order valence-electron chi connectivity index (χ3n) is 4.29. The highest BCUT2D eigenvalue weighted by Gasteiger charge is 2.46. The molecule has 1 unspecified atom stereocenters. The van der Waals surface area contributed by atoms with Gasteiger partial charge in [0.05, 0.1) is 10.9 Å². The first-order valence-electron chi connectivity index (χ1n) is 8.03. The Morgan fingerprint density at radius 2 is 1.71 bits per heavy atom. The van der Waals surface area contributed by atoms with Gasteiger partial charge < -0.3 is 5.43 Å². The number of nitrogens with zero attached hydrogens (tertiary/aromatic N) is 1. The van der Waals surface area contributed by atoms with Crippen molar-refractivity contribution in [3.05, 3.63) is 75.7 Å². The van der Waals surface area contributed by atoms with E-state index in [1.807, 2.05) is 5.43 Å². The third kappa shape index (κ3) is 3.74. The first kappa shape index (κ1) is 20.6. The number of nitrogens with one attached hydrogen (secondary N) is 1. The van der Waals surface area contributed by atoms with Crippen LogP contribution in [0.1, 0.15) is 22.7 Å². The standard InChI is InChI=1S/C18H15ClF4N2O2S/c1-10-3-5-12(6-4-10)28(26,27)25-16(9-17(24-25)18(21,22)23)13-7-11(2)14(19)8-15(13)20/h3-9,16,24H,1-2H3. The summed E-state index contributed by atoms with van der Waals surface area (Å²) < 4.78 is 80.6. The Kier molecular flexibility index (Phi) is 5.20. The maximum absolute atomic E-state index is 14.5. The molecule has 1 heterocycles. The quantitative estimate of drug-likeness (QED) is 0.706. The summed E-state index contributed by atoms with van der Waals surface area (Å²) in [6.07, 6.45) is -4.20. The lowest BCUT2D eigenvalue weighted by Crippen LogP contribution is -2.42. The molecule has 0 saturated heterocycles. The van der Waals surface area contributed by atoms with Gasteiger partial charge >= 0.3 is 6.18 Å². The van der Waals surface area contributed by atoms with Crippen LogP contribution in [0.3, 0.4) is 0 Å². The first-order chi connectivity index (χ1) is 12.9. The zero-order chi connectivity index (χ0) is 20.9. The summed E-state index contributed by atoms with van der Waals surface area (Å²) in [5, 5.41) is 0.0835. The van der Waals surface area contributed by atoms with E-state index in [-0.39, 0.29) is 15.5 Å². The molecule has 1 N–H and O–H groups in total.